The molecule has 1 unspecified atom stereocenters. The Bertz CT molecular complexity index is 647. The normalized spacial score (nSPS) is 19.0. The van der Waals surface area contributed by atoms with E-state index in [0.29, 0.717) is 4.57 Å². The van der Waals surface area contributed by atoms with E-state index in [9.17, 15) is 24.3 Å². The number of hydrogen-bond acceptors (Lipinski definition) is 5. The largest absolute Gasteiger partial charge is 0.508 e. The molecule has 1 aliphatic rings. The van der Waals surface area contributed by atoms with Gasteiger partial charge in [0, 0.05) is 19.2 Å². The molecule has 0 aliphatic carbocycles. The Labute approximate surface area is 106 Å². The molecule has 0 saturated carbocycles. The highest BCUT2D eigenvalue weighted by Crippen LogP contribution is 2.24. The number of imide groups is 1. The first-order chi connectivity index (χ1) is 8.82. The van der Waals surface area contributed by atoms with Gasteiger partial charge >= 0.3 is 5.97 Å². The molecule has 8 nitrogen and oxygen atoms in total. The van der Waals surface area contributed by atoms with E-state index in [-0.39, 0.29) is 6.42 Å². The molecule has 0 radical (unpaired) electrons. The summed E-state index contributed by atoms with van der Waals surface area (Å²) in [6.07, 6.45) is -0.277. The highest BCUT2D eigenvalue weighted by molar-refractivity contribution is 6.04. The van der Waals surface area contributed by atoms with Crippen molar-refractivity contribution in [1.29, 1.82) is 0 Å². The van der Waals surface area contributed by atoms with E-state index in [1.54, 1.807) is 0 Å². The predicted molar refractivity (Wildman–Crippen MR) is 60.8 cm³/mol. The summed E-state index contributed by atoms with van der Waals surface area (Å²) in [5.41, 5.74) is -1.38. The molecule has 2 N–H and O–H groups in total. The van der Waals surface area contributed by atoms with Gasteiger partial charge in [0.2, 0.25) is 5.91 Å². The minimum atomic E-state index is -1.47. The summed E-state index contributed by atoms with van der Waals surface area (Å²) >= 11 is 0. The number of carboxylic acids is 1. The summed E-state index contributed by atoms with van der Waals surface area (Å²) in [6.45, 7) is 0. The lowest BCUT2D eigenvalue weighted by Crippen LogP contribution is -2.34. The number of hydrogen-bond donors (Lipinski definition) is 2. The molecule has 100 valence electrons. The lowest BCUT2D eigenvalue weighted by atomic mass is 10.2. The summed E-state index contributed by atoms with van der Waals surface area (Å²) < 4.78 is 0.714. The standard InChI is InChI=1S/C11H10N2O6/c1-12-8(15)4-6(10(12)17)13-7(11(18)19)2-5(14)3-9(13)16/h2-3,6,14H,4H2,1H3,(H,18,19). The second kappa shape index (κ2) is 4.23. The first-order valence-corrected chi connectivity index (χ1v) is 5.32. The van der Waals surface area contributed by atoms with Crippen LogP contribution in [0.2, 0.25) is 0 Å². The topological polar surface area (TPSA) is 117 Å². The second-order valence-corrected chi connectivity index (χ2v) is 4.12. The van der Waals surface area contributed by atoms with Gasteiger partial charge in [-0.3, -0.25) is 23.9 Å². The van der Waals surface area contributed by atoms with Gasteiger partial charge < -0.3 is 10.2 Å². The van der Waals surface area contributed by atoms with Crippen molar-refractivity contribution in [3.63, 3.8) is 0 Å². The molecule has 0 aromatic carbocycles. The van der Waals surface area contributed by atoms with Crippen LogP contribution in [0, 0.1) is 0 Å². The molecule has 2 rings (SSSR count). The number of likely N-dealkylation sites (N-methyl/N-ethyl adjacent to an activating group) is 1. The number of rotatable bonds is 2. The molecule has 1 atom stereocenters. The maximum atomic E-state index is 11.8. The summed E-state index contributed by atoms with van der Waals surface area (Å²) in [6, 6.07) is 0.471. The number of aromatic nitrogens is 1. The zero-order valence-electron chi connectivity index (χ0n) is 9.86. The van der Waals surface area contributed by atoms with Gasteiger partial charge in [0.05, 0.1) is 6.42 Å². The van der Waals surface area contributed by atoms with Crippen LogP contribution in [0.5, 0.6) is 5.75 Å². The maximum absolute atomic E-state index is 11.8. The van der Waals surface area contributed by atoms with Crippen LogP contribution in [-0.4, -0.2) is 44.5 Å². The Kier molecular flexibility index (Phi) is 2.85. The number of nitrogens with zero attached hydrogens (tertiary/aromatic N) is 2. The fourth-order valence-electron chi connectivity index (χ4n) is 1.99. The van der Waals surface area contributed by atoms with Gasteiger partial charge in [0.15, 0.2) is 0 Å². The van der Waals surface area contributed by atoms with Crippen molar-refractivity contribution in [2.45, 2.75) is 12.5 Å². The third kappa shape index (κ3) is 1.96. The van der Waals surface area contributed by atoms with Crippen molar-refractivity contribution >= 4 is 17.8 Å². The molecule has 19 heavy (non-hydrogen) atoms. The second-order valence-electron chi connectivity index (χ2n) is 4.12. The molecule has 1 aromatic rings. The molecule has 1 fully saturated rings. The molecule has 1 saturated heterocycles. The lowest BCUT2D eigenvalue weighted by molar-refractivity contribution is -0.137. The van der Waals surface area contributed by atoms with Crippen LogP contribution in [0.3, 0.4) is 0 Å². The molecule has 2 amide bonds. The van der Waals surface area contributed by atoms with Crippen LogP contribution in [0.15, 0.2) is 16.9 Å². The fraction of sp³-hybridized carbons (Fsp3) is 0.273. The molecule has 2 heterocycles. The van der Waals surface area contributed by atoms with E-state index in [0.717, 1.165) is 17.0 Å². The number of aromatic hydroxyl groups is 1. The van der Waals surface area contributed by atoms with E-state index in [1.807, 2.05) is 0 Å². The number of carbonyl (C=O) groups is 3. The molecular formula is C11H10N2O6. The zero-order chi connectivity index (χ0) is 14.3. The van der Waals surface area contributed by atoms with Gasteiger partial charge in [-0.15, -0.1) is 0 Å². The molecule has 0 spiro atoms. The number of amides is 2. The van der Waals surface area contributed by atoms with Gasteiger partial charge in [0.1, 0.15) is 17.5 Å². The fourth-order valence-corrected chi connectivity index (χ4v) is 1.99. The van der Waals surface area contributed by atoms with E-state index in [1.165, 1.54) is 7.05 Å². The Hall–Kier alpha value is -2.64. The van der Waals surface area contributed by atoms with E-state index >= 15 is 0 Å². The number of likely N-dealkylation sites (tertiary alicyclic amines) is 1. The Morgan fingerprint density at radius 2 is 1.95 bits per heavy atom. The van der Waals surface area contributed by atoms with Crippen molar-refractivity contribution in [1.82, 2.24) is 9.47 Å². The van der Waals surface area contributed by atoms with E-state index in [2.05, 4.69) is 0 Å². The third-order valence-electron chi connectivity index (χ3n) is 2.94. The number of carbonyl (C=O) groups excluding carboxylic acids is 2. The van der Waals surface area contributed by atoms with Crippen molar-refractivity contribution in [3.8, 4) is 5.75 Å². The van der Waals surface area contributed by atoms with Crippen LogP contribution >= 0.6 is 0 Å². The van der Waals surface area contributed by atoms with Gasteiger partial charge in [-0.1, -0.05) is 0 Å². The lowest BCUT2D eigenvalue weighted by Gasteiger charge is -2.15. The van der Waals surface area contributed by atoms with Crippen molar-refractivity contribution in [3.05, 3.63) is 28.2 Å². The van der Waals surface area contributed by atoms with Crippen LogP contribution in [0.4, 0.5) is 0 Å². The minimum absolute atomic E-state index is 0.277. The maximum Gasteiger partial charge on any atom is 0.352 e. The van der Waals surface area contributed by atoms with Crippen molar-refractivity contribution < 1.29 is 24.6 Å². The summed E-state index contributed by atoms with van der Waals surface area (Å²) in [7, 11) is 1.26. The van der Waals surface area contributed by atoms with Gasteiger partial charge in [-0.05, 0) is 0 Å². The molecular weight excluding hydrogens is 256 g/mol. The first kappa shape index (κ1) is 12.8. The number of aromatic carboxylic acids is 1. The van der Waals surface area contributed by atoms with Crippen LogP contribution < -0.4 is 5.56 Å². The first-order valence-electron chi connectivity index (χ1n) is 5.32. The molecule has 1 aliphatic heterocycles. The zero-order valence-corrected chi connectivity index (χ0v) is 9.86. The smallest absolute Gasteiger partial charge is 0.352 e. The average molecular weight is 266 g/mol. The number of carboxylic acid groups (broad SMARTS) is 1. The van der Waals surface area contributed by atoms with Gasteiger partial charge in [-0.2, -0.15) is 0 Å². The van der Waals surface area contributed by atoms with Crippen molar-refractivity contribution in [2.24, 2.45) is 0 Å². The van der Waals surface area contributed by atoms with Crippen LogP contribution in [0.25, 0.3) is 0 Å². The molecule has 0 bridgehead atoms. The highest BCUT2D eigenvalue weighted by atomic mass is 16.4. The molecule has 8 heteroatoms. The number of pyridine rings is 1. The summed E-state index contributed by atoms with van der Waals surface area (Å²) in [5.74, 6) is -3.13. The highest BCUT2D eigenvalue weighted by Gasteiger charge is 2.39. The summed E-state index contributed by atoms with van der Waals surface area (Å²) in [4.78, 5) is 46.9. The summed E-state index contributed by atoms with van der Waals surface area (Å²) in [5, 5.41) is 18.3. The monoisotopic (exact) mass is 266 g/mol. The Morgan fingerprint density at radius 3 is 2.42 bits per heavy atom. The Balaban J connectivity index is 2.63. The van der Waals surface area contributed by atoms with Gasteiger partial charge in [-0.25, -0.2) is 4.79 Å². The Morgan fingerprint density at radius 1 is 1.32 bits per heavy atom. The predicted octanol–water partition coefficient (Wildman–Crippen LogP) is -0.818. The molecule has 1 aromatic heterocycles. The quantitative estimate of drug-likeness (QED) is 0.675. The van der Waals surface area contributed by atoms with Crippen LogP contribution in [-0.2, 0) is 9.59 Å². The van der Waals surface area contributed by atoms with E-state index in [4.69, 9.17) is 5.11 Å². The van der Waals surface area contributed by atoms with Gasteiger partial charge in [0.25, 0.3) is 11.5 Å². The minimum Gasteiger partial charge on any atom is -0.508 e. The SMILES string of the molecule is CN1C(=O)CC(n2c(C(=O)O)cc(O)cc2=O)C1=O. The average Bonchev–Trinajstić information content (AvgIpc) is 2.56. The van der Waals surface area contributed by atoms with Crippen LogP contribution in [0.1, 0.15) is 23.0 Å². The third-order valence-corrected chi connectivity index (χ3v) is 2.94. The van der Waals surface area contributed by atoms with Crippen molar-refractivity contribution in [2.75, 3.05) is 7.05 Å². The van der Waals surface area contributed by atoms with E-state index < -0.39 is 40.8 Å².